The Morgan fingerprint density at radius 2 is 2.11 bits per heavy atom. The molecule has 0 N–H and O–H groups in total. The Kier molecular flexibility index (Phi) is 2.99. The van der Waals surface area contributed by atoms with Crippen LogP contribution in [0, 0.1) is 5.82 Å². The van der Waals surface area contributed by atoms with Gasteiger partial charge < -0.3 is 4.57 Å². The molecule has 0 bridgehead atoms. The van der Waals surface area contributed by atoms with Crippen molar-refractivity contribution in [3.63, 3.8) is 0 Å². The Morgan fingerprint density at radius 3 is 2.72 bits per heavy atom. The monoisotopic (exact) mass is 285 g/mol. The highest BCUT2D eigenvalue weighted by atomic mass is 35.5. The lowest BCUT2D eigenvalue weighted by Crippen LogP contribution is -2.03. The van der Waals surface area contributed by atoms with Crippen molar-refractivity contribution < 1.29 is 4.39 Å². The number of benzene rings is 1. The van der Waals surface area contributed by atoms with Crippen LogP contribution in [0.2, 0.25) is 5.02 Å². The maximum atomic E-state index is 13.9. The van der Waals surface area contributed by atoms with Crippen molar-refractivity contribution in [1.29, 1.82) is 0 Å². The van der Waals surface area contributed by atoms with Gasteiger partial charge in [0.25, 0.3) is 0 Å². The predicted octanol–water partition coefficient (Wildman–Crippen LogP) is 3.81. The van der Waals surface area contributed by atoms with Crippen molar-refractivity contribution in [2.75, 3.05) is 0 Å². The SMILES string of the molecule is Fc1cccc(Cl)c1-c1nnc(CCl)n1C1CC1. The number of alkyl halides is 1. The molecule has 2 aromatic rings. The summed E-state index contributed by atoms with van der Waals surface area (Å²) in [6, 6.07) is 4.90. The van der Waals surface area contributed by atoms with Gasteiger partial charge in [-0.2, -0.15) is 0 Å². The summed E-state index contributed by atoms with van der Waals surface area (Å²) >= 11 is 11.9. The molecule has 1 aliphatic rings. The van der Waals surface area contributed by atoms with Gasteiger partial charge in [-0.3, -0.25) is 0 Å². The first-order valence-corrected chi connectivity index (χ1v) is 6.57. The van der Waals surface area contributed by atoms with E-state index in [0.29, 0.717) is 28.3 Å². The van der Waals surface area contributed by atoms with Crippen LogP contribution in [-0.4, -0.2) is 14.8 Å². The summed E-state index contributed by atoms with van der Waals surface area (Å²) in [5.74, 6) is 0.998. The lowest BCUT2D eigenvalue weighted by Gasteiger charge is -2.09. The third-order valence-electron chi connectivity index (χ3n) is 2.98. The molecule has 0 amide bonds. The van der Waals surface area contributed by atoms with Crippen LogP contribution in [0.3, 0.4) is 0 Å². The van der Waals surface area contributed by atoms with Crippen LogP contribution in [0.15, 0.2) is 18.2 Å². The molecule has 1 aliphatic carbocycles. The largest absolute Gasteiger partial charge is 0.307 e. The number of hydrogen-bond acceptors (Lipinski definition) is 2. The summed E-state index contributed by atoms with van der Waals surface area (Å²) in [5.41, 5.74) is 0.301. The number of hydrogen-bond donors (Lipinski definition) is 0. The van der Waals surface area contributed by atoms with Crippen LogP contribution in [-0.2, 0) is 5.88 Å². The van der Waals surface area contributed by atoms with Gasteiger partial charge in [0.2, 0.25) is 0 Å². The third-order valence-corrected chi connectivity index (χ3v) is 3.54. The summed E-state index contributed by atoms with van der Waals surface area (Å²) in [6.07, 6.45) is 2.09. The van der Waals surface area contributed by atoms with Gasteiger partial charge in [-0.25, -0.2) is 4.39 Å². The third kappa shape index (κ3) is 1.89. The van der Waals surface area contributed by atoms with Crippen molar-refractivity contribution in [2.45, 2.75) is 24.8 Å². The molecule has 3 nitrogen and oxygen atoms in total. The van der Waals surface area contributed by atoms with E-state index in [0.717, 1.165) is 12.8 Å². The first kappa shape index (κ1) is 11.9. The van der Waals surface area contributed by atoms with Gasteiger partial charge in [0.1, 0.15) is 11.6 Å². The fourth-order valence-corrected chi connectivity index (χ4v) is 2.44. The number of halogens is 3. The van der Waals surface area contributed by atoms with Crippen LogP contribution in [0.4, 0.5) is 4.39 Å². The zero-order valence-electron chi connectivity index (χ0n) is 9.41. The second-order valence-corrected chi connectivity index (χ2v) is 4.95. The molecular formula is C12H10Cl2FN3. The fourth-order valence-electron chi connectivity index (χ4n) is 2.01. The van der Waals surface area contributed by atoms with E-state index in [1.165, 1.54) is 6.07 Å². The van der Waals surface area contributed by atoms with Gasteiger partial charge in [-0.05, 0) is 25.0 Å². The Hall–Kier alpha value is -1.13. The number of rotatable bonds is 3. The molecule has 1 fully saturated rings. The van der Waals surface area contributed by atoms with Crippen molar-refractivity contribution >= 4 is 23.2 Å². The van der Waals surface area contributed by atoms with Crippen molar-refractivity contribution in [3.8, 4) is 11.4 Å². The molecule has 0 unspecified atom stereocenters. The summed E-state index contributed by atoms with van der Waals surface area (Å²) in [6.45, 7) is 0. The van der Waals surface area contributed by atoms with Crippen LogP contribution in [0.5, 0.6) is 0 Å². The van der Waals surface area contributed by atoms with Crippen LogP contribution in [0.25, 0.3) is 11.4 Å². The van der Waals surface area contributed by atoms with E-state index < -0.39 is 5.82 Å². The van der Waals surface area contributed by atoms with Gasteiger partial charge in [-0.15, -0.1) is 21.8 Å². The lowest BCUT2D eigenvalue weighted by molar-refractivity contribution is 0.625. The Bertz CT molecular complexity index is 573. The minimum absolute atomic E-state index is 0.259. The van der Waals surface area contributed by atoms with E-state index in [9.17, 15) is 4.39 Å². The van der Waals surface area contributed by atoms with E-state index in [2.05, 4.69) is 10.2 Å². The summed E-state index contributed by atoms with van der Waals surface area (Å²) in [4.78, 5) is 0. The topological polar surface area (TPSA) is 30.7 Å². The molecule has 18 heavy (non-hydrogen) atoms. The van der Waals surface area contributed by atoms with Crippen LogP contribution in [0.1, 0.15) is 24.7 Å². The van der Waals surface area contributed by atoms with Gasteiger partial charge in [0, 0.05) is 6.04 Å². The molecule has 0 spiro atoms. The second-order valence-electron chi connectivity index (χ2n) is 4.27. The number of aromatic nitrogens is 3. The summed E-state index contributed by atoms with van der Waals surface area (Å²) < 4.78 is 15.8. The van der Waals surface area contributed by atoms with E-state index in [4.69, 9.17) is 23.2 Å². The predicted molar refractivity (Wildman–Crippen MR) is 68.3 cm³/mol. The average Bonchev–Trinajstić information content (AvgIpc) is 3.10. The molecule has 3 rings (SSSR count). The Balaban J connectivity index is 2.20. The highest BCUT2D eigenvalue weighted by Gasteiger charge is 2.31. The molecule has 94 valence electrons. The van der Waals surface area contributed by atoms with Crippen molar-refractivity contribution in [1.82, 2.24) is 14.8 Å². The molecule has 1 aromatic carbocycles. The molecule has 0 saturated heterocycles. The molecule has 0 radical (unpaired) electrons. The van der Waals surface area contributed by atoms with Gasteiger partial charge in [-0.1, -0.05) is 17.7 Å². The minimum Gasteiger partial charge on any atom is -0.307 e. The Labute approximate surface area is 114 Å². The molecule has 1 saturated carbocycles. The van der Waals surface area contributed by atoms with Gasteiger partial charge in [0.05, 0.1) is 16.5 Å². The quantitative estimate of drug-likeness (QED) is 0.803. The molecule has 0 atom stereocenters. The number of nitrogens with zero attached hydrogens (tertiary/aromatic N) is 3. The first-order chi connectivity index (χ1) is 8.72. The maximum absolute atomic E-state index is 13.9. The lowest BCUT2D eigenvalue weighted by atomic mass is 10.2. The first-order valence-electron chi connectivity index (χ1n) is 5.66. The normalized spacial score (nSPS) is 15.1. The Morgan fingerprint density at radius 1 is 1.33 bits per heavy atom. The molecular weight excluding hydrogens is 276 g/mol. The van der Waals surface area contributed by atoms with Gasteiger partial charge in [0.15, 0.2) is 5.82 Å². The zero-order valence-corrected chi connectivity index (χ0v) is 10.9. The molecule has 6 heteroatoms. The highest BCUT2D eigenvalue weighted by molar-refractivity contribution is 6.33. The second kappa shape index (κ2) is 4.52. The minimum atomic E-state index is -0.391. The van der Waals surface area contributed by atoms with Crippen molar-refractivity contribution in [2.24, 2.45) is 0 Å². The van der Waals surface area contributed by atoms with Crippen molar-refractivity contribution in [3.05, 3.63) is 34.9 Å². The van der Waals surface area contributed by atoms with Crippen LogP contribution < -0.4 is 0 Å². The highest BCUT2D eigenvalue weighted by Crippen LogP contribution is 2.41. The van der Waals surface area contributed by atoms with E-state index in [-0.39, 0.29) is 5.88 Å². The van der Waals surface area contributed by atoms with Crippen LogP contribution >= 0.6 is 23.2 Å². The zero-order chi connectivity index (χ0) is 12.7. The van der Waals surface area contributed by atoms with Gasteiger partial charge >= 0.3 is 0 Å². The maximum Gasteiger partial charge on any atom is 0.168 e. The summed E-state index contributed by atoms with van der Waals surface area (Å²) in [5, 5.41) is 8.39. The molecule has 1 heterocycles. The summed E-state index contributed by atoms with van der Waals surface area (Å²) in [7, 11) is 0. The standard InChI is InChI=1S/C12H10Cl2FN3/c13-6-10-16-17-12(18(10)7-4-5-7)11-8(14)2-1-3-9(11)15/h1-3,7H,4-6H2. The fraction of sp³-hybridized carbons (Fsp3) is 0.333. The molecule has 1 aromatic heterocycles. The smallest absolute Gasteiger partial charge is 0.168 e. The van der Waals surface area contributed by atoms with E-state index >= 15 is 0 Å². The average molecular weight is 286 g/mol. The van der Waals surface area contributed by atoms with E-state index in [1.54, 1.807) is 12.1 Å². The molecule has 0 aliphatic heterocycles. The van der Waals surface area contributed by atoms with E-state index in [1.807, 2.05) is 4.57 Å².